The molecule has 1 rings (SSSR count). The Balaban J connectivity index is 2.86. The molecule has 1 aromatic carbocycles. The van der Waals surface area contributed by atoms with Crippen LogP contribution in [-0.4, -0.2) is 45.2 Å². The van der Waals surface area contributed by atoms with Crippen molar-refractivity contribution in [1.29, 1.82) is 0 Å². The van der Waals surface area contributed by atoms with Gasteiger partial charge in [0.25, 0.3) is 5.91 Å². The summed E-state index contributed by atoms with van der Waals surface area (Å²) in [5.41, 5.74) is 0.463. The molecule has 0 aromatic heterocycles. The summed E-state index contributed by atoms with van der Waals surface area (Å²) in [6.07, 6.45) is 0. The van der Waals surface area contributed by atoms with Gasteiger partial charge in [-0.25, -0.2) is 0 Å². The largest absolute Gasteiger partial charge is 0.497 e. The number of nitrogens with one attached hydrogen (secondary N) is 1. The monoisotopic (exact) mass is 331 g/mol. The predicted octanol–water partition coefficient (Wildman–Crippen LogP) is 1.84. The number of hydrogen-bond acceptors (Lipinski definition) is 4. The Hall–Kier alpha value is -1.27. The fourth-order valence-corrected chi connectivity index (χ4v) is 1.92. The Morgan fingerprint density at radius 2 is 2.05 bits per heavy atom. The smallest absolute Gasteiger partial charge is 0.255 e. The lowest BCUT2D eigenvalue weighted by atomic mass is 10.1. The quantitative estimate of drug-likeness (QED) is 0.774. The molecule has 0 aliphatic heterocycles. The van der Waals surface area contributed by atoms with Gasteiger partial charge in [-0.1, -0.05) is 15.9 Å². The summed E-state index contributed by atoms with van der Waals surface area (Å²) >= 11 is 3.33. The van der Waals surface area contributed by atoms with Crippen molar-refractivity contribution in [2.24, 2.45) is 0 Å². The third-order valence-corrected chi connectivity index (χ3v) is 3.32. The van der Waals surface area contributed by atoms with E-state index < -0.39 is 0 Å². The third kappa shape index (κ3) is 4.40. The Bertz CT molecular complexity index is 425. The highest BCUT2D eigenvalue weighted by molar-refractivity contribution is 9.09. The number of methoxy groups -OCH3 is 3. The number of alkyl halides is 1. The van der Waals surface area contributed by atoms with E-state index >= 15 is 0 Å². The summed E-state index contributed by atoms with van der Waals surface area (Å²) in [6.45, 7) is 0.440. The number of benzene rings is 1. The van der Waals surface area contributed by atoms with Crippen LogP contribution in [0.25, 0.3) is 0 Å². The zero-order valence-corrected chi connectivity index (χ0v) is 12.8. The van der Waals surface area contributed by atoms with Gasteiger partial charge in [-0.05, 0) is 12.1 Å². The molecular weight excluding hydrogens is 314 g/mol. The maximum absolute atomic E-state index is 12.2. The Morgan fingerprint density at radius 3 is 2.58 bits per heavy atom. The molecule has 0 aliphatic rings. The van der Waals surface area contributed by atoms with Crippen LogP contribution in [0.2, 0.25) is 0 Å². The van der Waals surface area contributed by atoms with Crippen molar-refractivity contribution in [3.8, 4) is 11.5 Å². The van der Waals surface area contributed by atoms with Gasteiger partial charge in [-0.15, -0.1) is 0 Å². The van der Waals surface area contributed by atoms with Crippen LogP contribution >= 0.6 is 15.9 Å². The Labute approximate surface area is 121 Å². The molecule has 106 valence electrons. The molecule has 0 fully saturated rings. The molecule has 1 N–H and O–H groups in total. The van der Waals surface area contributed by atoms with E-state index in [1.807, 2.05) is 0 Å². The minimum absolute atomic E-state index is 0.0932. The van der Waals surface area contributed by atoms with E-state index in [0.717, 1.165) is 0 Å². The van der Waals surface area contributed by atoms with E-state index in [1.165, 1.54) is 7.11 Å². The van der Waals surface area contributed by atoms with Crippen molar-refractivity contribution in [3.05, 3.63) is 23.8 Å². The molecule has 1 unspecified atom stereocenters. The van der Waals surface area contributed by atoms with E-state index in [4.69, 9.17) is 14.2 Å². The van der Waals surface area contributed by atoms with E-state index in [1.54, 1.807) is 32.4 Å². The van der Waals surface area contributed by atoms with Crippen molar-refractivity contribution in [1.82, 2.24) is 5.32 Å². The van der Waals surface area contributed by atoms with Gasteiger partial charge in [-0.2, -0.15) is 0 Å². The number of hydrogen-bond donors (Lipinski definition) is 1. The number of amides is 1. The topological polar surface area (TPSA) is 56.8 Å². The summed E-state index contributed by atoms with van der Waals surface area (Å²) in [5.74, 6) is 0.908. The minimum atomic E-state index is -0.207. The van der Waals surface area contributed by atoms with E-state index in [2.05, 4.69) is 21.2 Å². The molecule has 0 aliphatic carbocycles. The van der Waals surface area contributed by atoms with Crippen molar-refractivity contribution < 1.29 is 19.0 Å². The summed E-state index contributed by atoms with van der Waals surface area (Å²) in [7, 11) is 4.67. The Kier molecular flexibility index (Phi) is 6.66. The maximum atomic E-state index is 12.2. The fourth-order valence-electron chi connectivity index (χ4n) is 1.58. The van der Waals surface area contributed by atoms with Crippen molar-refractivity contribution in [2.45, 2.75) is 6.04 Å². The van der Waals surface area contributed by atoms with Gasteiger partial charge in [0.1, 0.15) is 11.5 Å². The Morgan fingerprint density at radius 1 is 1.32 bits per heavy atom. The first kappa shape index (κ1) is 15.8. The number of ether oxygens (including phenoxy) is 3. The second-order valence-corrected chi connectivity index (χ2v) is 4.49. The predicted molar refractivity (Wildman–Crippen MR) is 76.5 cm³/mol. The van der Waals surface area contributed by atoms with Crippen molar-refractivity contribution in [3.63, 3.8) is 0 Å². The lowest BCUT2D eigenvalue weighted by Crippen LogP contribution is -2.39. The first-order chi connectivity index (χ1) is 9.15. The molecule has 0 saturated carbocycles. The average Bonchev–Trinajstić information content (AvgIpc) is 2.45. The van der Waals surface area contributed by atoms with Gasteiger partial charge in [-0.3, -0.25) is 4.79 Å². The molecule has 1 aromatic rings. The zero-order chi connectivity index (χ0) is 14.3. The van der Waals surface area contributed by atoms with Gasteiger partial charge in [0.15, 0.2) is 0 Å². The van der Waals surface area contributed by atoms with Gasteiger partial charge in [0.2, 0.25) is 0 Å². The van der Waals surface area contributed by atoms with Crippen LogP contribution in [0.4, 0.5) is 0 Å². The maximum Gasteiger partial charge on any atom is 0.255 e. The molecule has 0 spiro atoms. The number of carbonyl (C=O) groups is 1. The standard InChI is InChI=1S/C13H18BrNO4/c1-17-8-9(7-14)15-13(16)11-5-4-10(18-2)6-12(11)19-3/h4-6,9H,7-8H2,1-3H3,(H,15,16). The van der Waals surface area contributed by atoms with Crippen LogP contribution in [0.3, 0.4) is 0 Å². The van der Waals surface area contributed by atoms with Crippen LogP contribution < -0.4 is 14.8 Å². The van der Waals surface area contributed by atoms with Crippen LogP contribution in [-0.2, 0) is 4.74 Å². The van der Waals surface area contributed by atoms with Crippen molar-refractivity contribution in [2.75, 3.05) is 33.3 Å². The number of halogens is 1. The van der Waals surface area contributed by atoms with E-state index in [9.17, 15) is 4.79 Å². The highest BCUT2D eigenvalue weighted by Crippen LogP contribution is 2.24. The summed E-state index contributed by atoms with van der Waals surface area (Å²) in [4.78, 5) is 12.2. The van der Waals surface area contributed by atoms with E-state index in [-0.39, 0.29) is 11.9 Å². The number of rotatable bonds is 7. The van der Waals surface area contributed by atoms with Crippen molar-refractivity contribution >= 4 is 21.8 Å². The molecule has 0 bridgehead atoms. The summed E-state index contributed by atoms with van der Waals surface area (Å²) in [6, 6.07) is 4.97. The van der Waals surface area contributed by atoms with Gasteiger partial charge in [0.05, 0.1) is 32.4 Å². The molecule has 0 heterocycles. The van der Waals surface area contributed by atoms with Crippen LogP contribution in [0, 0.1) is 0 Å². The molecule has 0 radical (unpaired) electrons. The van der Waals surface area contributed by atoms with E-state index in [0.29, 0.717) is 29.0 Å². The molecule has 1 amide bonds. The van der Waals surface area contributed by atoms with Gasteiger partial charge < -0.3 is 19.5 Å². The number of carbonyl (C=O) groups excluding carboxylic acids is 1. The first-order valence-electron chi connectivity index (χ1n) is 5.74. The zero-order valence-electron chi connectivity index (χ0n) is 11.2. The normalized spacial score (nSPS) is 11.8. The highest BCUT2D eigenvalue weighted by atomic mass is 79.9. The van der Waals surface area contributed by atoms with Crippen LogP contribution in [0.1, 0.15) is 10.4 Å². The second-order valence-electron chi connectivity index (χ2n) is 3.85. The molecule has 19 heavy (non-hydrogen) atoms. The molecule has 6 heteroatoms. The lowest BCUT2D eigenvalue weighted by molar-refractivity contribution is 0.0905. The molecular formula is C13H18BrNO4. The molecule has 0 saturated heterocycles. The van der Waals surface area contributed by atoms with Crippen LogP contribution in [0.15, 0.2) is 18.2 Å². The minimum Gasteiger partial charge on any atom is -0.497 e. The van der Waals surface area contributed by atoms with Gasteiger partial charge >= 0.3 is 0 Å². The highest BCUT2D eigenvalue weighted by Gasteiger charge is 2.16. The molecule has 1 atom stereocenters. The SMILES string of the molecule is COCC(CBr)NC(=O)c1ccc(OC)cc1OC. The second kappa shape index (κ2) is 8.01. The average molecular weight is 332 g/mol. The van der Waals surface area contributed by atoms with Gasteiger partial charge in [0, 0.05) is 18.5 Å². The fraction of sp³-hybridized carbons (Fsp3) is 0.462. The summed E-state index contributed by atoms with van der Waals surface area (Å²) in [5, 5.41) is 3.48. The lowest BCUT2D eigenvalue weighted by Gasteiger charge is -2.16. The molecule has 5 nitrogen and oxygen atoms in total. The van der Waals surface area contributed by atoms with Crippen LogP contribution in [0.5, 0.6) is 11.5 Å². The third-order valence-electron chi connectivity index (χ3n) is 2.54. The first-order valence-corrected chi connectivity index (χ1v) is 6.86. The summed E-state index contributed by atoms with van der Waals surface area (Å²) < 4.78 is 15.3.